The molecule has 17 heavy (non-hydrogen) atoms. The van der Waals surface area contributed by atoms with Gasteiger partial charge in [0, 0.05) is 6.04 Å². The molecule has 0 amide bonds. The molecule has 1 fully saturated rings. The molecule has 0 radical (unpaired) electrons. The SMILES string of the molecule is CCOc1ccc(C2CC(N)C2)cc1OCC. The number of nitrogens with two attached hydrogens (primary N) is 1. The van der Waals surface area contributed by atoms with Crippen molar-refractivity contribution < 1.29 is 9.47 Å². The summed E-state index contributed by atoms with van der Waals surface area (Å²) in [7, 11) is 0. The van der Waals surface area contributed by atoms with Gasteiger partial charge in [0.1, 0.15) is 0 Å². The average molecular weight is 235 g/mol. The van der Waals surface area contributed by atoms with E-state index in [0.717, 1.165) is 24.3 Å². The normalized spacial score (nSPS) is 23.0. The first kappa shape index (κ1) is 12.2. The molecule has 2 rings (SSSR count). The predicted molar refractivity (Wildman–Crippen MR) is 68.7 cm³/mol. The van der Waals surface area contributed by atoms with E-state index in [-0.39, 0.29) is 0 Å². The predicted octanol–water partition coefficient (Wildman–Crippen LogP) is 2.69. The van der Waals surface area contributed by atoms with Gasteiger partial charge in [0.15, 0.2) is 11.5 Å². The monoisotopic (exact) mass is 235 g/mol. The first-order valence-corrected chi connectivity index (χ1v) is 6.39. The van der Waals surface area contributed by atoms with Crippen molar-refractivity contribution in [2.24, 2.45) is 5.73 Å². The zero-order chi connectivity index (χ0) is 12.3. The Balaban J connectivity index is 2.16. The van der Waals surface area contributed by atoms with Crippen LogP contribution in [-0.2, 0) is 0 Å². The van der Waals surface area contributed by atoms with E-state index in [9.17, 15) is 0 Å². The quantitative estimate of drug-likeness (QED) is 0.853. The highest BCUT2D eigenvalue weighted by molar-refractivity contribution is 5.44. The molecule has 0 bridgehead atoms. The molecule has 1 saturated carbocycles. The Morgan fingerprint density at radius 1 is 1.12 bits per heavy atom. The highest BCUT2D eigenvalue weighted by atomic mass is 16.5. The van der Waals surface area contributed by atoms with Crippen molar-refractivity contribution in [1.29, 1.82) is 0 Å². The number of benzene rings is 1. The van der Waals surface area contributed by atoms with Crippen LogP contribution in [0.1, 0.15) is 38.2 Å². The van der Waals surface area contributed by atoms with E-state index in [1.807, 2.05) is 19.9 Å². The van der Waals surface area contributed by atoms with E-state index in [0.29, 0.717) is 25.2 Å². The molecule has 1 aromatic carbocycles. The maximum Gasteiger partial charge on any atom is 0.161 e. The minimum atomic E-state index is 0.377. The molecule has 1 aromatic rings. The van der Waals surface area contributed by atoms with Gasteiger partial charge in [0.25, 0.3) is 0 Å². The molecule has 1 aliphatic carbocycles. The van der Waals surface area contributed by atoms with E-state index in [1.165, 1.54) is 5.56 Å². The number of ether oxygens (including phenoxy) is 2. The molecule has 94 valence electrons. The fourth-order valence-corrected chi connectivity index (χ4v) is 2.26. The Morgan fingerprint density at radius 2 is 1.76 bits per heavy atom. The van der Waals surface area contributed by atoms with Crippen LogP contribution in [-0.4, -0.2) is 19.3 Å². The average Bonchev–Trinajstić information content (AvgIpc) is 2.28. The van der Waals surface area contributed by atoms with Gasteiger partial charge < -0.3 is 15.2 Å². The van der Waals surface area contributed by atoms with E-state index < -0.39 is 0 Å². The van der Waals surface area contributed by atoms with Crippen LogP contribution in [0.4, 0.5) is 0 Å². The van der Waals surface area contributed by atoms with Crippen molar-refractivity contribution in [3.8, 4) is 11.5 Å². The largest absolute Gasteiger partial charge is 0.490 e. The third-order valence-electron chi connectivity index (χ3n) is 3.21. The third kappa shape index (κ3) is 2.72. The lowest BCUT2D eigenvalue weighted by molar-refractivity contribution is 0.285. The molecular formula is C14H21NO2. The van der Waals surface area contributed by atoms with E-state index in [1.54, 1.807) is 0 Å². The van der Waals surface area contributed by atoms with Crippen LogP contribution < -0.4 is 15.2 Å². The second-order valence-electron chi connectivity index (χ2n) is 4.50. The van der Waals surface area contributed by atoms with Crippen LogP contribution in [0.2, 0.25) is 0 Å². The zero-order valence-corrected chi connectivity index (χ0v) is 10.6. The van der Waals surface area contributed by atoms with E-state index >= 15 is 0 Å². The first-order chi connectivity index (χ1) is 8.24. The van der Waals surface area contributed by atoms with Crippen LogP contribution in [0.15, 0.2) is 18.2 Å². The van der Waals surface area contributed by atoms with Crippen LogP contribution in [0.25, 0.3) is 0 Å². The van der Waals surface area contributed by atoms with Gasteiger partial charge in [0.2, 0.25) is 0 Å². The van der Waals surface area contributed by atoms with E-state index in [2.05, 4.69) is 12.1 Å². The molecule has 0 saturated heterocycles. The van der Waals surface area contributed by atoms with Crippen LogP contribution in [0.5, 0.6) is 11.5 Å². The van der Waals surface area contributed by atoms with Gasteiger partial charge in [0.05, 0.1) is 13.2 Å². The molecule has 0 unspecified atom stereocenters. The Kier molecular flexibility index (Phi) is 3.89. The Hall–Kier alpha value is -1.22. The van der Waals surface area contributed by atoms with Gasteiger partial charge in [-0.25, -0.2) is 0 Å². The Labute approximate surface area is 103 Å². The lowest BCUT2D eigenvalue weighted by Gasteiger charge is -2.33. The summed E-state index contributed by atoms with van der Waals surface area (Å²) >= 11 is 0. The second kappa shape index (κ2) is 5.41. The van der Waals surface area contributed by atoms with Crippen LogP contribution in [0, 0.1) is 0 Å². The molecule has 0 atom stereocenters. The van der Waals surface area contributed by atoms with E-state index in [4.69, 9.17) is 15.2 Å². The minimum Gasteiger partial charge on any atom is -0.490 e. The van der Waals surface area contributed by atoms with Gasteiger partial charge in [-0.2, -0.15) is 0 Å². The standard InChI is InChI=1S/C14H21NO2/c1-3-16-13-6-5-10(9-14(13)17-4-2)11-7-12(15)8-11/h5-6,9,11-12H,3-4,7-8,15H2,1-2H3. The summed E-state index contributed by atoms with van der Waals surface area (Å²) in [4.78, 5) is 0. The molecule has 0 spiro atoms. The molecule has 1 aliphatic rings. The summed E-state index contributed by atoms with van der Waals surface area (Å²) in [5, 5.41) is 0. The molecule has 0 aliphatic heterocycles. The van der Waals surface area contributed by atoms with Gasteiger partial charge >= 0.3 is 0 Å². The fourth-order valence-electron chi connectivity index (χ4n) is 2.26. The van der Waals surface area contributed by atoms with Crippen molar-refractivity contribution in [2.75, 3.05) is 13.2 Å². The second-order valence-corrected chi connectivity index (χ2v) is 4.50. The van der Waals surface area contributed by atoms with Crippen molar-refractivity contribution in [3.05, 3.63) is 23.8 Å². The number of hydrogen-bond acceptors (Lipinski definition) is 3. The minimum absolute atomic E-state index is 0.377. The maximum atomic E-state index is 5.82. The summed E-state index contributed by atoms with van der Waals surface area (Å²) in [6, 6.07) is 6.62. The van der Waals surface area contributed by atoms with Crippen LogP contribution in [0.3, 0.4) is 0 Å². The highest BCUT2D eigenvalue weighted by Crippen LogP contribution is 2.39. The molecule has 0 aromatic heterocycles. The maximum absolute atomic E-state index is 5.82. The lowest BCUT2D eigenvalue weighted by atomic mass is 9.76. The van der Waals surface area contributed by atoms with Crippen molar-refractivity contribution in [2.45, 2.75) is 38.6 Å². The molecule has 3 heteroatoms. The Morgan fingerprint density at radius 3 is 2.35 bits per heavy atom. The number of rotatable bonds is 5. The van der Waals surface area contributed by atoms with Crippen molar-refractivity contribution >= 4 is 0 Å². The summed E-state index contributed by atoms with van der Waals surface area (Å²) in [5.41, 5.74) is 7.14. The molecule has 3 nitrogen and oxygen atoms in total. The Bertz CT molecular complexity index is 372. The van der Waals surface area contributed by atoms with Crippen molar-refractivity contribution in [3.63, 3.8) is 0 Å². The van der Waals surface area contributed by atoms with Gasteiger partial charge in [-0.15, -0.1) is 0 Å². The van der Waals surface area contributed by atoms with Crippen LogP contribution >= 0.6 is 0 Å². The summed E-state index contributed by atoms with van der Waals surface area (Å²) < 4.78 is 11.2. The van der Waals surface area contributed by atoms with Crippen molar-refractivity contribution in [1.82, 2.24) is 0 Å². The molecular weight excluding hydrogens is 214 g/mol. The highest BCUT2D eigenvalue weighted by Gasteiger charge is 2.27. The fraction of sp³-hybridized carbons (Fsp3) is 0.571. The lowest BCUT2D eigenvalue weighted by Crippen LogP contribution is -2.34. The summed E-state index contributed by atoms with van der Waals surface area (Å²) in [5.74, 6) is 2.29. The smallest absolute Gasteiger partial charge is 0.161 e. The zero-order valence-electron chi connectivity index (χ0n) is 10.6. The first-order valence-electron chi connectivity index (χ1n) is 6.39. The molecule has 2 N–H and O–H groups in total. The van der Waals surface area contributed by atoms with Gasteiger partial charge in [-0.1, -0.05) is 6.07 Å². The molecule has 0 heterocycles. The summed E-state index contributed by atoms with van der Waals surface area (Å²) in [6.45, 7) is 5.29. The van der Waals surface area contributed by atoms with Gasteiger partial charge in [-0.3, -0.25) is 0 Å². The topological polar surface area (TPSA) is 44.5 Å². The number of hydrogen-bond donors (Lipinski definition) is 1. The third-order valence-corrected chi connectivity index (χ3v) is 3.21. The van der Waals surface area contributed by atoms with Gasteiger partial charge in [-0.05, 0) is 50.3 Å². The summed E-state index contributed by atoms with van der Waals surface area (Å²) in [6.07, 6.45) is 2.17.